The number of nitrogens with one attached hydrogen (secondary N) is 2. The van der Waals surface area contributed by atoms with E-state index in [4.69, 9.17) is 0 Å². The fourth-order valence-corrected chi connectivity index (χ4v) is 2.11. The number of hydrogen-bond acceptors (Lipinski definition) is 2. The van der Waals surface area contributed by atoms with Crippen LogP contribution in [-0.4, -0.2) is 12.5 Å². The van der Waals surface area contributed by atoms with Gasteiger partial charge >= 0.3 is 0 Å². The Labute approximate surface area is 129 Å². The first-order chi connectivity index (χ1) is 9.74. The number of rotatable bonds is 6. The highest BCUT2D eigenvalue weighted by molar-refractivity contribution is 5.90. The molecular weight excluding hydrogens is 260 g/mol. The summed E-state index contributed by atoms with van der Waals surface area (Å²) in [6.45, 7) is 13.8. The Bertz CT molecular complexity index is 463. The third-order valence-electron chi connectivity index (χ3n) is 4.15. The van der Waals surface area contributed by atoms with Crippen LogP contribution < -0.4 is 10.6 Å². The van der Waals surface area contributed by atoms with Crippen molar-refractivity contribution in [3.05, 3.63) is 29.8 Å². The first kappa shape index (κ1) is 17.7. The molecule has 3 heteroatoms. The van der Waals surface area contributed by atoms with Gasteiger partial charge in [0.05, 0.1) is 0 Å². The molecule has 0 aromatic heterocycles. The monoisotopic (exact) mass is 290 g/mol. The molecule has 0 heterocycles. The largest absolute Gasteiger partial charge is 0.326 e. The van der Waals surface area contributed by atoms with E-state index in [2.05, 4.69) is 58.2 Å². The molecule has 1 rings (SSSR count). The Kier molecular flexibility index (Phi) is 6.41. The van der Waals surface area contributed by atoms with Crippen LogP contribution in [0.5, 0.6) is 0 Å². The van der Waals surface area contributed by atoms with E-state index in [0.29, 0.717) is 18.4 Å². The third kappa shape index (κ3) is 5.88. The van der Waals surface area contributed by atoms with Crippen molar-refractivity contribution < 1.29 is 4.79 Å². The van der Waals surface area contributed by atoms with Crippen molar-refractivity contribution in [2.24, 2.45) is 11.3 Å². The van der Waals surface area contributed by atoms with Gasteiger partial charge in [0.15, 0.2) is 0 Å². The summed E-state index contributed by atoms with van der Waals surface area (Å²) in [6.07, 6.45) is 0.552. The molecule has 3 nitrogen and oxygen atoms in total. The van der Waals surface area contributed by atoms with E-state index in [1.165, 1.54) is 5.56 Å². The standard InChI is InChI=1S/C18H30N2O/c1-7-19-14(3)15-9-8-10-16(12-15)20-17(21)11-13(2)18(4,5)6/h8-10,12-14,19H,7,11H2,1-6H3,(H,20,21). The van der Waals surface area contributed by atoms with E-state index in [1.54, 1.807) is 0 Å². The zero-order chi connectivity index (χ0) is 16.0. The molecule has 0 spiro atoms. The summed E-state index contributed by atoms with van der Waals surface area (Å²) in [5.41, 5.74) is 2.22. The summed E-state index contributed by atoms with van der Waals surface area (Å²) in [5.74, 6) is 0.437. The molecule has 1 aromatic rings. The van der Waals surface area contributed by atoms with Crippen molar-refractivity contribution in [3.8, 4) is 0 Å². The number of hydrogen-bond donors (Lipinski definition) is 2. The van der Waals surface area contributed by atoms with Gasteiger partial charge in [-0.15, -0.1) is 0 Å². The van der Waals surface area contributed by atoms with E-state index in [9.17, 15) is 4.79 Å². The van der Waals surface area contributed by atoms with Crippen LogP contribution in [0.15, 0.2) is 24.3 Å². The molecule has 1 amide bonds. The van der Waals surface area contributed by atoms with Gasteiger partial charge < -0.3 is 10.6 Å². The van der Waals surface area contributed by atoms with E-state index in [1.807, 2.05) is 18.2 Å². The Hall–Kier alpha value is -1.35. The lowest BCUT2D eigenvalue weighted by atomic mass is 9.80. The van der Waals surface area contributed by atoms with Crippen LogP contribution in [-0.2, 0) is 4.79 Å². The Morgan fingerprint density at radius 1 is 1.24 bits per heavy atom. The Balaban J connectivity index is 2.66. The van der Waals surface area contributed by atoms with Crippen molar-refractivity contribution in [1.82, 2.24) is 5.32 Å². The number of amides is 1. The quantitative estimate of drug-likeness (QED) is 0.817. The van der Waals surface area contributed by atoms with Crippen molar-refractivity contribution in [2.45, 2.75) is 54.0 Å². The summed E-state index contributed by atoms with van der Waals surface area (Å²) < 4.78 is 0. The highest BCUT2D eigenvalue weighted by atomic mass is 16.1. The first-order valence-corrected chi connectivity index (χ1v) is 7.87. The van der Waals surface area contributed by atoms with Crippen LogP contribution in [0.25, 0.3) is 0 Å². The van der Waals surface area contributed by atoms with Crippen LogP contribution in [0.3, 0.4) is 0 Å². The van der Waals surface area contributed by atoms with Gasteiger partial charge in [-0.3, -0.25) is 4.79 Å². The van der Waals surface area contributed by atoms with Gasteiger partial charge in [-0.2, -0.15) is 0 Å². The van der Waals surface area contributed by atoms with Gasteiger partial charge in [0, 0.05) is 18.2 Å². The van der Waals surface area contributed by atoms with Crippen molar-refractivity contribution in [3.63, 3.8) is 0 Å². The van der Waals surface area contributed by atoms with Gasteiger partial charge in [-0.25, -0.2) is 0 Å². The number of benzene rings is 1. The van der Waals surface area contributed by atoms with E-state index in [-0.39, 0.29) is 11.3 Å². The lowest BCUT2D eigenvalue weighted by Gasteiger charge is -2.26. The molecule has 2 unspecified atom stereocenters. The zero-order valence-corrected chi connectivity index (χ0v) is 14.3. The zero-order valence-electron chi connectivity index (χ0n) is 14.3. The number of carbonyl (C=O) groups is 1. The molecule has 0 bridgehead atoms. The normalized spacial score (nSPS) is 14.6. The third-order valence-corrected chi connectivity index (χ3v) is 4.15. The minimum Gasteiger partial charge on any atom is -0.326 e. The molecule has 118 valence electrons. The second-order valence-corrected chi connectivity index (χ2v) is 6.92. The van der Waals surface area contributed by atoms with Crippen LogP contribution in [0.2, 0.25) is 0 Å². The summed E-state index contributed by atoms with van der Waals surface area (Å²) in [6, 6.07) is 8.36. The smallest absolute Gasteiger partial charge is 0.224 e. The van der Waals surface area contributed by atoms with Crippen molar-refractivity contribution >= 4 is 11.6 Å². The van der Waals surface area contributed by atoms with Crippen LogP contribution in [0.1, 0.15) is 59.6 Å². The van der Waals surface area contributed by atoms with Gasteiger partial charge in [0.25, 0.3) is 0 Å². The van der Waals surface area contributed by atoms with Gasteiger partial charge in [-0.05, 0) is 42.5 Å². The highest BCUT2D eigenvalue weighted by Gasteiger charge is 2.22. The maximum absolute atomic E-state index is 12.1. The molecule has 2 atom stereocenters. The maximum atomic E-state index is 12.1. The average molecular weight is 290 g/mol. The van der Waals surface area contributed by atoms with Crippen LogP contribution in [0, 0.1) is 11.3 Å². The summed E-state index contributed by atoms with van der Waals surface area (Å²) in [5, 5.41) is 6.40. The molecule has 0 saturated carbocycles. The summed E-state index contributed by atoms with van der Waals surface area (Å²) >= 11 is 0. The predicted molar refractivity (Wildman–Crippen MR) is 90.4 cm³/mol. The molecule has 0 aliphatic rings. The molecule has 0 aliphatic carbocycles. The second kappa shape index (κ2) is 7.60. The predicted octanol–water partition coefficient (Wildman–Crippen LogP) is 4.37. The van der Waals surface area contributed by atoms with Gasteiger partial charge in [-0.1, -0.05) is 46.8 Å². The topological polar surface area (TPSA) is 41.1 Å². The molecule has 0 aliphatic heterocycles. The average Bonchev–Trinajstić information content (AvgIpc) is 2.38. The lowest BCUT2D eigenvalue weighted by molar-refractivity contribution is -0.117. The van der Waals surface area contributed by atoms with Gasteiger partial charge in [0.2, 0.25) is 5.91 Å². The fourth-order valence-electron chi connectivity index (χ4n) is 2.11. The Morgan fingerprint density at radius 3 is 2.48 bits per heavy atom. The molecule has 0 fully saturated rings. The molecule has 2 N–H and O–H groups in total. The fraction of sp³-hybridized carbons (Fsp3) is 0.611. The van der Waals surface area contributed by atoms with E-state index in [0.717, 1.165) is 12.2 Å². The molecule has 21 heavy (non-hydrogen) atoms. The molecule has 0 saturated heterocycles. The van der Waals surface area contributed by atoms with E-state index < -0.39 is 0 Å². The first-order valence-electron chi connectivity index (χ1n) is 7.87. The Morgan fingerprint density at radius 2 is 1.90 bits per heavy atom. The molecular formula is C18H30N2O. The minimum absolute atomic E-state index is 0.0886. The van der Waals surface area contributed by atoms with Crippen LogP contribution in [0.4, 0.5) is 5.69 Å². The SMILES string of the molecule is CCNC(C)c1cccc(NC(=O)CC(C)C(C)(C)C)c1. The minimum atomic E-state index is 0.0886. The lowest BCUT2D eigenvalue weighted by Crippen LogP contribution is -2.24. The van der Waals surface area contributed by atoms with Crippen LogP contribution >= 0.6 is 0 Å². The van der Waals surface area contributed by atoms with Crippen molar-refractivity contribution in [2.75, 3.05) is 11.9 Å². The summed E-state index contributed by atoms with van der Waals surface area (Å²) in [4.78, 5) is 12.1. The second-order valence-electron chi connectivity index (χ2n) is 6.92. The van der Waals surface area contributed by atoms with Crippen molar-refractivity contribution in [1.29, 1.82) is 0 Å². The maximum Gasteiger partial charge on any atom is 0.224 e. The summed E-state index contributed by atoms with van der Waals surface area (Å²) in [7, 11) is 0. The number of carbonyl (C=O) groups excluding carboxylic acids is 1. The highest BCUT2D eigenvalue weighted by Crippen LogP contribution is 2.28. The molecule has 0 radical (unpaired) electrons. The molecule has 1 aromatic carbocycles. The van der Waals surface area contributed by atoms with E-state index >= 15 is 0 Å². The van der Waals surface area contributed by atoms with Gasteiger partial charge in [0.1, 0.15) is 0 Å². The number of anilines is 1.